The molecule has 0 bridgehead atoms. The van der Waals surface area contributed by atoms with Crippen molar-refractivity contribution in [1.29, 1.82) is 0 Å². The van der Waals surface area contributed by atoms with E-state index in [9.17, 15) is 9.59 Å². The van der Waals surface area contributed by atoms with Gasteiger partial charge in [-0.15, -0.1) is 0 Å². The molecule has 2 heterocycles. The van der Waals surface area contributed by atoms with Gasteiger partial charge >= 0.3 is 12.0 Å². The molecule has 1 fully saturated rings. The monoisotopic (exact) mass is 269 g/mol. The number of aromatic nitrogens is 1. The Hall–Kier alpha value is -2.09. The Balaban J connectivity index is 1.92. The number of carbonyl (C=O) groups is 2. The summed E-state index contributed by atoms with van der Waals surface area (Å²) in [6, 6.07) is 0.295. The van der Waals surface area contributed by atoms with Gasteiger partial charge in [0.2, 0.25) is 0 Å². The lowest BCUT2D eigenvalue weighted by molar-refractivity contribution is -0.147. The van der Waals surface area contributed by atoms with Gasteiger partial charge in [-0.3, -0.25) is 0 Å². The number of morpholine rings is 1. The molecule has 8 nitrogen and oxygen atoms in total. The number of nitrogens with zero attached hydrogens (tertiary/aromatic N) is 2. The summed E-state index contributed by atoms with van der Waals surface area (Å²) in [6.07, 6.45) is 0. The van der Waals surface area contributed by atoms with Gasteiger partial charge in [-0.05, 0) is 6.92 Å². The van der Waals surface area contributed by atoms with Crippen molar-refractivity contribution in [2.45, 2.75) is 19.5 Å². The van der Waals surface area contributed by atoms with Crippen LogP contribution in [0.2, 0.25) is 0 Å². The number of aliphatic carboxylic acids is 1. The van der Waals surface area contributed by atoms with Gasteiger partial charge < -0.3 is 24.6 Å². The number of nitrogens with one attached hydrogen (secondary N) is 1. The predicted octanol–water partition coefficient (Wildman–Crippen LogP) is -0.0220. The van der Waals surface area contributed by atoms with Crippen molar-refractivity contribution in [3.8, 4) is 0 Å². The standard InChI is InChI=1S/C11H15N3O5/c1-7-4-8(19-13-7)5-12-11(17)14-2-3-18-6-9(14)10(15)16/h4,9H,2-3,5-6H2,1H3,(H,12,17)(H,15,16). The van der Waals surface area contributed by atoms with E-state index in [-0.39, 0.29) is 19.7 Å². The van der Waals surface area contributed by atoms with Gasteiger partial charge in [-0.25, -0.2) is 9.59 Å². The quantitative estimate of drug-likeness (QED) is 0.798. The van der Waals surface area contributed by atoms with E-state index in [2.05, 4.69) is 10.5 Å². The fourth-order valence-electron chi connectivity index (χ4n) is 1.82. The summed E-state index contributed by atoms with van der Waals surface area (Å²) in [5, 5.41) is 15.3. The third-order valence-corrected chi connectivity index (χ3v) is 2.77. The van der Waals surface area contributed by atoms with E-state index in [1.54, 1.807) is 13.0 Å². The summed E-state index contributed by atoms with van der Waals surface area (Å²) in [6.45, 7) is 2.53. The van der Waals surface area contributed by atoms with Gasteiger partial charge in [0.25, 0.3) is 0 Å². The van der Waals surface area contributed by atoms with Crippen LogP contribution in [-0.4, -0.2) is 53.0 Å². The highest BCUT2D eigenvalue weighted by molar-refractivity contribution is 5.82. The second-order valence-corrected chi connectivity index (χ2v) is 4.22. The average molecular weight is 269 g/mol. The first-order valence-corrected chi connectivity index (χ1v) is 5.85. The van der Waals surface area contributed by atoms with Crippen LogP contribution in [0.1, 0.15) is 11.5 Å². The highest BCUT2D eigenvalue weighted by Gasteiger charge is 2.32. The normalized spacial score (nSPS) is 19.2. The van der Waals surface area contributed by atoms with Crippen molar-refractivity contribution in [1.82, 2.24) is 15.4 Å². The van der Waals surface area contributed by atoms with Crippen LogP contribution < -0.4 is 5.32 Å². The summed E-state index contributed by atoms with van der Waals surface area (Å²) in [4.78, 5) is 24.2. The zero-order valence-corrected chi connectivity index (χ0v) is 10.5. The number of hydrogen-bond donors (Lipinski definition) is 2. The average Bonchev–Trinajstić information content (AvgIpc) is 2.81. The number of carbonyl (C=O) groups excluding carboxylic acids is 1. The second-order valence-electron chi connectivity index (χ2n) is 4.22. The molecule has 1 unspecified atom stereocenters. The van der Waals surface area contributed by atoms with E-state index in [0.717, 1.165) is 5.69 Å². The summed E-state index contributed by atoms with van der Waals surface area (Å²) in [5.74, 6) is -0.559. The molecule has 1 aromatic heterocycles. The summed E-state index contributed by atoms with van der Waals surface area (Å²) >= 11 is 0. The Labute approximate surface area is 109 Å². The Morgan fingerprint density at radius 2 is 2.42 bits per heavy atom. The smallest absolute Gasteiger partial charge is 0.328 e. The molecule has 0 aromatic carbocycles. The maximum atomic E-state index is 11.9. The van der Waals surface area contributed by atoms with Crippen molar-refractivity contribution < 1.29 is 24.0 Å². The zero-order valence-electron chi connectivity index (χ0n) is 10.5. The maximum absolute atomic E-state index is 11.9. The number of urea groups is 1. The molecular weight excluding hydrogens is 254 g/mol. The lowest BCUT2D eigenvalue weighted by atomic mass is 10.2. The van der Waals surface area contributed by atoms with Gasteiger partial charge in [-0.2, -0.15) is 0 Å². The molecule has 8 heteroatoms. The molecule has 1 aliphatic heterocycles. The highest BCUT2D eigenvalue weighted by atomic mass is 16.5. The van der Waals surface area contributed by atoms with Gasteiger partial charge in [-0.1, -0.05) is 5.16 Å². The maximum Gasteiger partial charge on any atom is 0.328 e. The van der Waals surface area contributed by atoms with Crippen LogP contribution in [-0.2, 0) is 16.1 Å². The predicted molar refractivity (Wildman–Crippen MR) is 62.4 cm³/mol. The summed E-state index contributed by atoms with van der Waals surface area (Å²) in [7, 11) is 0. The van der Waals surface area contributed by atoms with E-state index in [0.29, 0.717) is 12.4 Å². The van der Waals surface area contributed by atoms with E-state index < -0.39 is 18.0 Å². The molecule has 1 aromatic rings. The molecule has 2 amide bonds. The van der Waals surface area contributed by atoms with Crippen molar-refractivity contribution in [2.75, 3.05) is 19.8 Å². The number of amides is 2. The minimum atomic E-state index is -1.08. The van der Waals surface area contributed by atoms with Crippen LogP contribution in [0.4, 0.5) is 4.79 Å². The summed E-state index contributed by atoms with van der Waals surface area (Å²) in [5.41, 5.74) is 0.721. The van der Waals surface area contributed by atoms with Gasteiger partial charge in [0.15, 0.2) is 11.8 Å². The largest absolute Gasteiger partial charge is 0.480 e. The first-order chi connectivity index (χ1) is 9.08. The van der Waals surface area contributed by atoms with Crippen molar-refractivity contribution in [3.05, 3.63) is 17.5 Å². The minimum absolute atomic E-state index is 0.00414. The molecule has 1 saturated heterocycles. The molecule has 104 valence electrons. The minimum Gasteiger partial charge on any atom is -0.480 e. The van der Waals surface area contributed by atoms with Gasteiger partial charge in [0.1, 0.15) is 0 Å². The van der Waals surface area contributed by atoms with E-state index in [4.69, 9.17) is 14.4 Å². The fraction of sp³-hybridized carbons (Fsp3) is 0.545. The third-order valence-electron chi connectivity index (χ3n) is 2.77. The highest BCUT2D eigenvalue weighted by Crippen LogP contribution is 2.08. The molecule has 2 rings (SSSR count). The molecule has 1 aliphatic rings. The van der Waals surface area contributed by atoms with Crippen LogP contribution in [0.15, 0.2) is 10.6 Å². The number of rotatable bonds is 3. The number of ether oxygens (including phenoxy) is 1. The van der Waals surface area contributed by atoms with E-state index in [1.807, 2.05) is 0 Å². The Morgan fingerprint density at radius 3 is 3.05 bits per heavy atom. The lowest BCUT2D eigenvalue weighted by Crippen LogP contribution is -2.55. The van der Waals surface area contributed by atoms with Crippen molar-refractivity contribution in [3.63, 3.8) is 0 Å². The Kier molecular flexibility index (Phi) is 4.00. The van der Waals surface area contributed by atoms with Crippen LogP contribution in [0.3, 0.4) is 0 Å². The number of aryl methyl sites for hydroxylation is 1. The molecular formula is C11H15N3O5. The fourth-order valence-corrected chi connectivity index (χ4v) is 1.82. The van der Waals surface area contributed by atoms with Gasteiger partial charge in [0, 0.05) is 12.6 Å². The Morgan fingerprint density at radius 1 is 1.63 bits per heavy atom. The topological polar surface area (TPSA) is 105 Å². The second kappa shape index (κ2) is 5.70. The van der Waals surface area contributed by atoms with Crippen LogP contribution in [0, 0.1) is 6.92 Å². The van der Waals surface area contributed by atoms with E-state index in [1.165, 1.54) is 4.90 Å². The molecule has 19 heavy (non-hydrogen) atoms. The van der Waals surface area contributed by atoms with Crippen LogP contribution >= 0.6 is 0 Å². The first-order valence-electron chi connectivity index (χ1n) is 5.85. The molecule has 0 saturated carbocycles. The lowest BCUT2D eigenvalue weighted by Gasteiger charge is -2.32. The van der Waals surface area contributed by atoms with Crippen LogP contribution in [0.5, 0.6) is 0 Å². The molecule has 0 aliphatic carbocycles. The Bertz CT molecular complexity index is 473. The zero-order chi connectivity index (χ0) is 13.8. The van der Waals surface area contributed by atoms with Gasteiger partial charge in [0.05, 0.1) is 25.5 Å². The molecule has 0 radical (unpaired) electrons. The van der Waals surface area contributed by atoms with E-state index >= 15 is 0 Å². The van der Waals surface area contributed by atoms with Crippen molar-refractivity contribution in [2.24, 2.45) is 0 Å². The number of carboxylic acids is 1. The SMILES string of the molecule is Cc1cc(CNC(=O)N2CCOCC2C(=O)O)on1. The molecule has 0 spiro atoms. The third kappa shape index (κ3) is 3.22. The molecule has 1 atom stereocenters. The van der Waals surface area contributed by atoms with Crippen molar-refractivity contribution >= 4 is 12.0 Å². The first kappa shape index (κ1) is 13.3. The number of hydrogen-bond acceptors (Lipinski definition) is 5. The number of carboxylic acid groups (broad SMARTS) is 1. The summed E-state index contributed by atoms with van der Waals surface area (Å²) < 4.78 is 10.0. The molecule has 2 N–H and O–H groups in total. The van der Waals surface area contributed by atoms with Crippen LogP contribution in [0.25, 0.3) is 0 Å².